The first-order valence-corrected chi connectivity index (χ1v) is 9.72. The van der Waals surface area contributed by atoms with Gasteiger partial charge in [0.1, 0.15) is 9.88 Å². The number of pyridine rings is 1. The number of carbonyl (C=O) groups excluding carboxylic acids is 1. The van der Waals surface area contributed by atoms with Gasteiger partial charge in [-0.3, -0.25) is 9.78 Å². The summed E-state index contributed by atoms with van der Waals surface area (Å²) < 4.78 is 2.01. The maximum Gasteiger partial charge on any atom is 0.263 e. The molecule has 0 aliphatic rings. The normalized spacial score (nSPS) is 10.8. The summed E-state index contributed by atoms with van der Waals surface area (Å²) in [5.41, 5.74) is 3.72. The van der Waals surface area contributed by atoms with Gasteiger partial charge in [-0.15, -0.1) is 11.3 Å². The van der Waals surface area contributed by atoms with Gasteiger partial charge in [-0.25, -0.2) is 9.97 Å². The third kappa shape index (κ3) is 3.99. The van der Waals surface area contributed by atoms with Crippen LogP contribution in [-0.2, 0) is 13.1 Å². The smallest absolute Gasteiger partial charge is 0.263 e. The van der Waals surface area contributed by atoms with E-state index in [0.29, 0.717) is 11.4 Å². The van der Waals surface area contributed by atoms with Gasteiger partial charge in [-0.2, -0.15) is 0 Å². The Labute approximate surface area is 166 Å². The molecule has 0 bridgehead atoms. The van der Waals surface area contributed by atoms with Gasteiger partial charge < -0.3 is 9.88 Å². The zero-order chi connectivity index (χ0) is 19.3. The fourth-order valence-corrected chi connectivity index (χ4v) is 3.88. The van der Waals surface area contributed by atoms with Crippen LogP contribution in [0.15, 0.2) is 67.4 Å². The molecule has 0 aliphatic heterocycles. The topological polar surface area (TPSA) is 72.7 Å². The number of thiazole rings is 1. The number of benzene rings is 1. The average molecular weight is 389 g/mol. The lowest BCUT2D eigenvalue weighted by molar-refractivity contribution is 0.0954. The van der Waals surface area contributed by atoms with Crippen molar-refractivity contribution in [3.63, 3.8) is 0 Å². The summed E-state index contributed by atoms with van der Waals surface area (Å²) in [5, 5.41) is 3.78. The molecular weight excluding hydrogens is 370 g/mol. The summed E-state index contributed by atoms with van der Waals surface area (Å²) >= 11 is 1.37. The van der Waals surface area contributed by atoms with Crippen LogP contribution in [0.5, 0.6) is 0 Å². The molecule has 7 heteroatoms. The molecule has 0 fully saturated rings. The van der Waals surface area contributed by atoms with Gasteiger partial charge in [-0.05, 0) is 30.2 Å². The molecule has 6 nitrogen and oxygen atoms in total. The molecule has 140 valence electrons. The molecule has 0 saturated carbocycles. The Morgan fingerprint density at radius 1 is 1.11 bits per heavy atom. The Kier molecular flexibility index (Phi) is 5.25. The predicted octanol–water partition coefficient (Wildman–Crippen LogP) is 3.69. The molecule has 4 aromatic rings. The van der Waals surface area contributed by atoms with Crippen molar-refractivity contribution in [3.8, 4) is 10.7 Å². The first kappa shape index (κ1) is 18.1. The van der Waals surface area contributed by atoms with Crippen molar-refractivity contribution >= 4 is 17.2 Å². The molecule has 0 unspecified atom stereocenters. The summed E-state index contributed by atoms with van der Waals surface area (Å²) in [6.45, 7) is 3.03. The monoisotopic (exact) mass is 389 g/mol. The van der Waals surface area contributed by atoms with E-state index in [1.807, 2.05) is 54.1 Å². The Hall–Kier alpha value is -3.32. The van der Waals surface area contributed by atoms with Crippen LogP contribution >= 0.6 is 11.3 Å². The standard InChI is InChI=1S/C21H19N5OS/c1-15-19(28-21(25-15)18-8-4-5-9-23-18)20(27)24-12-16-6-2-3-7-17(16)13-26-11-10-22-14-26/h2-11,14H,12-13H2,1H3,(H,24,27). The quantitative estimate of drug-likeness (QED) is 0.546. The van der Waals surface area contributed by atoms with Crippen molar-refractivity contribution in [1.82, 2.24) is 24.8 Å². The zero-order valence-corrected chi connectivity index (χ0v) is 16.2. The third-order valence-electron chi connectivity index (χ3n) is 4.36. The van der Waals surface area contributed by atoms with E-state index in [9.17, 15) is 4.79 Å². The first-order valence-electron chi connectivity index (χ1n) is 8.90. The maximum atomic E-state index is 12.7. The van der Waals surface area contributed by atoms with E-state index >= 15 is 0 Å². The van der Waals surface area contributed by atoms with Crippen molar-refractivity contribution in [2.24, 2.45) is 0 Å². The molecule has 0 saturated heterocycles. The number of nitrogens with zero attached hydrogens (tertiary/aromatic N) is 4. The number of aryl methyl sites for hydroxylation is 1. The molecule has 1 N–H and O–H groups in total. The second-order valence-corrected chi connectivity index (χ2v) is 7.33. The third-order valence-corrected chi connectivity index (χ3v) is 5.54. The number of carbonyl (C=O) groups is 1. The van der Waals surface area contributed by atoms with Crippen LogP contribution in [0.2, 0.25) is 0 Å². The number of imidazole rings is 1. The Balaban J connectivity index is 1.48. The summed E-state index contributed by atoms with van der Waals surface area (Å²) in [6, 6.07) is 13.8. The van der Waals surface area contributed by atoms with Crippen LogP contribution in [0, 0.1) is 6.92 Å². The lowest BCUT2D eigenvalue weighted by atomic mass is 10.1. The van der Waals surface area contributed by atoms with Crippen molar-refractivity contribution < 1.29 is 4.79 Å². The highest BCUT2D eigenvalue weighted by Crippen LogP contribution is 2.26. The molecule has 0 radical (unpaired) electrons. The van der Waals surface area contributed by atoms with E-state index in [4.69, 9.17) is 0 Å². The van der Waals surface area contributed by atoms with Gasteiger partial charge in [-0.1, -0.05) is 30.3 Å². The first-order chi connectivity index (χ1) is 13.7. The van der Waals surface area contributed by atoms with Gasteiger partial charge in [0, 0.05) is 31.7 Å². The highest BCUT2D eigenvalue weighted by atomic mass is 32.1. The molecule has 1 amide bonds. The SMILES string of the molecule is Cc1nc(-c2ccccn2)sc1C(=O)NCc1ccccc1Cn1ccnc1. The summed E-state index contributed by atoms with van der Waals surface area (Å²) in [6.07, 6.45) is 7.20. The molecule has 28 heavy (non-hydrogen) atoms. The lowest BCUT2D eigenvalue weighted by Gasteiger charge is -2.11. The van der Waals surface area contributed by atoms with Gasteiger partial charge >= 0.3 is 0 Å². The van der Waals surface area contributed by atoms with Crippen molar-refractivity contribution in [2.45, 2.75) is 20.0 Å². The minimum Gasteiger partial charge on any atom is -0.347 e. The van der Waals surface area contributed by atoms with Gasteiger partial charge in [0.15, 0.2) is 0 Å². The van der Waals surface area contributed by atoms with Crippen molar-refractivity contribution in [3.05, 3.63) is 89.1 Å². The summed E-state index contributed by atoms with van der Waals surface area (Å²) in [4.78, 5) is 26.3. The molecule has 3 aromatic heterocycles. The number of rotatable bonds is 6. The molecular formula is C21H19N5OS. The Bertz CT molecular complexity index is 1070. The number of amides is 1. The van der Waals surface area contributed by atoms with E-state index in [1.165, 1.54) is 11.3 Å². The van der Waals surface area contributed by atoms with E-state index in [-0.39, 0.29) is 5.91 Å². The highest BCUT2D eigenvalue weighted by Gasteiger charge is 2.17. The number of hydrogen-bond donors (Lipinski definition) is 1. The zero-order valence-electron chi connectivity index (χ0n) is 15.4. The predicted molar refractivity (Wildman–Crippen MR) is 109 cm³/mol. The van der Waals surface area contributed by atoms with Crippen molar-refractivity contribution in [2.75, 3.05) is 0 Å². The fraction of sp³-hybridized carbons (Fsp3) is 0.143. The van der Waals surface area contributed by atoms with Crippen LogP contribution < -0.4 is 5.32 Å². The number of hydrogen-bond acceptors (Lipinski definition) is 5. The summed E-state index contributed by atoms with van der Waals surface area (Å²) in [5.74, 6) is -0.116. The number of aromatic nitrogens is 4. The molecule has 1 aromatic carbocycles. The Morgan fingerprint density at radius 3 is 2.68 bits per heavy atom. The van der Waals surface area contributed by atoms with Crippen LogP contribution in [-0.4, -0.2) is 25.4 Å². The van der Waals surface area contributed by atoms with Crippen LogP contribution in [0.25, 0.3) is 10.7 Å². The molecule has 4 rings (SSSR count). The maximum absolute atomic E-state index is 12.7. The largest absolute Gasteiger partial charge is 0.347 e. The van der Waals surface area contributed by atoms with Crippen molar-refractivity contribution in [1.29, 1.82) is 0 Å². The van der Waals surface area contributed by atoms with Gasteiger partial charge in [0.2, 0.25) is 0 Å². The summed E-state index contributed by atoms with van der Waals surface area (Å²) in [7, 11) is 0. The van der Waals surface area contributed by atoms with Crippen LogP contribution in [0.1, 0.15) is 26.5 Å². The molecule has 3 heterocycles. The van der Waals surface area contributed by atoms with Crippen LogP contribution in [0.4, 0.5) is 0 Å². The molecule has 0 aliphatic carbocycles. The van der Waals surface area contributed by atoms with E-state index in [1.54, 1.807) is 18.7 Å². The van der Waals surface area contributed by atoms with Gasteiger partial charge in [0.25, 0.3) is 5.91 Å². The van der Waals surface area contributed by atoms with E-state index < -0.39 is 0 Å². The second kappa shape index (κ2) is 8.14. The minimum atomic E-state index is -0.116. The fourth-order valence-electron chi connectivity index (χ4n) is 2.92. The van der Waals surface area contributed by atoms with Crippen LogP contribution in [0.3, 0.4) is 0 Å². The minimum absolute atomic E-state index is 0.116. The lowest BCUT2D eigenvalue weighted by Crippen LogP contribution is -2.23. The molecule has 0 spiro atoms. The Morgan fingerprint density at radius 2 is 1.93 bits per heavy atom. The van der Waals surface area contributed by atoms with Gasteiger partial charge in [0.05, 0.1) is 17.7 Å². The molecule has 0 atom stereocenters. The second-order valence-electron chi connectivity index (χ2n) is 6.33. The average Bonchev–Trinajstić information content (AvgIpc) is 3.37. The number of nitrogens with one attached hydrogen (secondary N) is 1. The van der Waals surface area contributed by atoms with E-state index in [2.05, 4.69) is 26.3 Å². The van der Waals surface area contributed by atoms with E-state index in [0.717, 1.165) is 34.1 Å². The highest BCUT2D eigenvalue weighted by molar-refractivity contribution is 7.17.